The summed E-state index contributed by atoms with van der Waals surface area (Å²) >= 11 is 0. The second-order valence-corrected chi connectivity index (χ2v) is 9.32. The van der Waals surface area contributed by atoms with Gasteiger partial charge in [-0.05, 0) is 43.7 Å². The van der Waals surface area contributed by atoms with Crippen molar-refractivity contribution in [2.75, 3.05) is 26.7 Å². The van der Waals surface area contributed by atoms with Crippen LogP contribution in [0.25, 0.3) is 0 Å². The Hall–Kier alpha value is -2.22. The summed E-state index contributed by atoms with van der Waals surface area (Å²) in [5.74, 6) is -0.134. The summed E-state index contributed by atoms with van der Waals surface area (Å²) in [7, 11) is -1.54. The molecule has 1 N–H and O–H groups in total. The van der Waals surface area contributed by atoms with Gasteiger partial charge in [0.05, 0.1) is 10.9 Å². The number of benzene rings is 2. The summed E-state index contributed by atoms with van der Waals surface area (Å²) in [5.41, 5.74) is 1.49. The molecule has 148 valence electrons. The number of amides is 1. The molecule has 0 spiro atoms. The minimum atomic E-state index is -3.59. The molecule has 1 aliphatic heterocycles. The van der Waals surface area contributed by atoms with Gasteiger partial charge in [-0.2, -0.15) is 0 Å². The highest BCUT2D eigenvalue weighted by atomic mass is 32.2. The summed E-state index contributed by atoms with van der Waals surface area (Å²) in [6.07, 6.45) is 1.75. The van der Waals surface area contributed by atoms with Crippen molar-refractivity contribution < 1.29 is 13.2 Å². The molecule has 1 saturated heterocycles. The van der Waals surface area contributed by atoms with Gasteiger partial charge in [0.2, 0.25) is 10.0 Å². The van der Waals surface area contributed by atoms with Gasteiger partial charge in [0.25, 0.3) is 5.91 Å². The number of sulfonamides is 1. The number of carbonyl (C=O) groups excluding carboxylic acids is 1. The molecule has 28 heavy (non-hydrogen) atoms. The lowest BCUT2D eigenvalue weighted by atomic mass is 10.0. The van der Waals surface area contributed by atoms with E-state index >= 15 is 0 Å². The molecular formula is C21H25N3O3S. The van der Waals surface area contributed by atoms with E-state index in [1.165, 1.54) is 6.07 Å². The van der Waals surface area contributed by atoms with E-state index in [0.717, 1.165) is 31.5 Å². The first-order valence-electron chi connectivity index (χ1n) is 9.61. The number of nitrogens with zero attached hydrogens (tertiary/aromatic N) is 2. The number of hydrogen-bond acceptors (Lipinski definition) is 4. The molecule has 1 saturated carbocycles. The largest absolute Gasteiger partial charge is 0.329 e. The Morgan fingerprint density at radius 2 is 1.79 bits per heavy atom. The van der Waals surface area contributed by atoms with Crippen LogP contribution in [-0.2, 0) is 10.0 Å². The maximum atomic E-state index is 13.3. The molecule has 1 unspecified atom stereocenters. The number of likely N-dealkylation sites (N-methyl/N-ethyl adjacent to an activating group) is 1. The third-order valence-corrected chi connectivity index (χ3v) is 6.84. The number of piperazine rings is 1. The molecule has 1 amide bonds. The van der Waals surface area contributed by atoms with Crippen LogP contribution in [-0.4, -0.2) is 56.8 Å². The van der Waals surface area contributed by atoms with Gasteiger partial charge in [0.15, 0.2) is 0 Å². The van der Waals surface area contributed by atoms with Gasteiger partial charge in [-0.3, -0.25) is 4.79 Å². The van der Waals surface area contributed by atoms with Crippen LogP contribution in [0.2, 0.25) is 0 Å². The highest BCUT2D eigenvalue weighted by Crippen LogP contribution is 2.27. The van der Waals surface area contributed by atoms with Crippen molar-refractivity contribution in [1.29, 1.82) is 0 Å². The van der Waals surface area contributed by atoms with Crippen LogP contribution in [0.4, 0.5) is 0 Å². The first kappa shape index (κ1) is 19.1. The van der Waals surface area contributed by atoms with Crippen molar-refractivity contribution in [3.63, 3.8) is 0 Å². The Morgan fingerprint density at radius 3 is 2.50 bits per heavy atom. The summed E-state index contributed by atoms with van der Waals surface area (Å²) in [6, 6.07) is 16.3. The van der Waals surface area contributed by atoms with E-state index in [1.807, 2.05) is 35.2 Å². The van der Waals surface area contributed by atoms with Gasteiger partial charge in [-0.15, -0.1) is 0 Å². The Bertz CT molecular complexity index is 958. The zero-order valence-electron chi connectivity index (χ0n) is 15.9. The average Bonchev–Trinajstić information content (AvgIpc) is 3.51. The molecular weight excluding hydrogens is 374 g/mol. The van der Waals surface area contributed by atoms with Crippen molar-refractivity contribution in [2.45, 2.75) is 29.8 Å². The first-order chi connectivity index (χ1) is 13.4. The molecule has 1 aliphatic carbocycles. The number of carbonyl (C=O) groups is 1. The van der Waals surface area contributed by atoms with Crippen molar-refractivity contribution in [1.82, 2.24) is 14.5 Å². The highest BCUT2D eigenvalue weighted by Gasteiger charge is 2.32. The summed E-state index contributed by atoms with van der Waals surface area (Å²) < 4.78 is 27.7. The molecule has 2 aromatic carbocycles. The van der Waals surface area contributed by atoms with Crippen LogP contribution in [0.1, 0.15) is 34.8 Å². The van der Waals surface area contributed by atoms with Gasteiger partial charge in [0.1, 0.15) is 0 Å². The predicted octanol–water partition coefficient (Wildman–Crippen LogP) is 2.26. The van der Waals surface area contributed by atoms with Gasteiger partial charge < -0.3 is 9.80 Å². The van der Waals surface area contributed by atoms with Crippen molar-refractivity contribution in [3.05, 3.63) is 65.7 Å². The van der Waals surface area contributed by atoms with Crippen LogP contribution >= 0.6 is 0 Å². The van der Waals surface area contributed by atoms with Crippen LogP contribution in [0.3, 0.4) is 0 Å². The van der Waals surface area contributed by atoms with E-state index in [-0.39, 0.29) is 22.9 Å². The van der Waals surface area contributed by atoms with Gasteiger partial charge in [-0.25, -0.2) is 13.1 Å². The van der Waals surface area contributed by atoms with E-state index in [1.54, 1.807) is 18.2 Å². The van der Waals surface area contributed by atoms with E-state index in [9.17, 15) is 13.2 Å². The monoisotopic (exact) mass is 399 g/mol. The maximum Gasteiger partial charge on any atom is 0.254 e. The molecule has 1 heterocycles. The minimum absolute atomic E-state index is 0.0319. The first-order valence-corrected chi connectivity index (χ1v) is 11.1. The minimum Gasteiger partial charge on any atom is -0.329 e. The van der Waals surface area contributed by atoms with E-state index in [2.05, 4.69) is 16.7 Å². The number of rotatable bonds is 5. The zero-order chi connectivity index (χ0) is 19.7. The second-order valence-electron chi connectivity index (χ2n) is 7.61. The third-order valence-electron chi connectivity index (χ3n) is 5.32. The van der Waals surface area contributed by atoms with Crippen molar-refractivity contribution in [2.24, 2.45) is 0 Å². The Kier molecular flexibility index (Phi) is 5.23. The Morgan fingerprint density at radius 1 is 1.04 bits per heavy atom. The molecule has 2 aliphatic rings. The summed E-state index contributed by atoms with van der Waals surface area (Å²) in [5, 5.41) is 0. The Labute approximate surface area is 166 Å². The summed E-state index contributed by atoms with van der Waals surface area (Å²) in [4.78, 5) is 17.5. The molecule has 2 aromatic rings. The average molecular weight is 400 g/mol. The van der Waals surface area contributed by atoms with Crippen LogP contribution in [0.5, 0.6) is 0 Å². The highest BCUT2D eigenvalue weighted by molar-refractivity contribution is 7.89. The predicted molar refractivity (Wildman–Crippen MR) is 108 cm³/mol. The standard InChI is InChI=1S/C21H25N3O3S/c1-23-12-13-24(20(15-23)16-6-3-2-4-7-16)21(25)17-8-5-9-19(14-17)28(26,27)22-18-10-11-18/h2-9,14,18,20,22H,10-13,15H2,1H3. The lowest BCUT2D eigenvalue weighted by Gasteiger charge is -2.40. The molecule has 0 aromatic heterocycles. The topological polar surface area (TPSA) is 69.7 Å². The van der Waals surface area contributed by atoms with E-state index in [0.29, 0.717) is 12.1 Å². The normalized spacial score (nSPS) is 20.9. The van der Waals surface area contributed by atoms with Gasteiger partial charge in [-0.1, -0.05) is 36.4 Å². The molecule has 7 heteroatoms. The third kappa shape index (κ3) is 4.11. The second kappa shape index (κ2) is 7.66. The molecule has 0 radical (unpaired) electrons. The van der Waals surface area contributed by atoms with Crippen LogP contribution in [0.15, 0.2) is 59.5 Å². The smallest absolute Gasteiger partial charge is 0.254 e. The fourth-order valence-corrected chi connectivity index (χ4v) is 4.92. The van der Waals surface area contributed by atoms with Gasteiger partial charge >= 0.3 is 0 Å². The van der Waals surface area contributed by atoms with Crippen LogP contribution in [0, 0.1) is 0 Å². The summed E-state index contributed by atoms with van der Waals surface area (Å²) in [6.45, 7) is 2.14. The lowest BCUT2D eigenvalue weighted by Crippen LogP contribution is -2.49. The fraction of sp³-hybridized carbons (Fsp3) is 0.381. The molecule has 4 rings (SSSR count). The molecule has 1 atom stereocenters. The molecule has 0 bridgehead atoms. The van der Waals surface area contributed by atoms with Crippen molar-refractivity contribution in [3.8, 4) is 0 Å². The maximum absolute atomic E-state index is 13.3. The fourth-order valence-electron chi connectivity index (χ4n) is 3.57. The number of nitrogens with one attached hydrogen (secondary N) is 1. The Balaban J connectivity index is 1.61. The quantitative estimate of drug-likeness (QED) is 0.837. The number of hydrogen-bond donors (Lipinski definition) is 1. The van der Waals surface area contributed by atoms with E-state index < -0.39 is 10.0 Å². The molecule has 2 fully saturated rings. The van der Waals surface area contributed by atoms with E-state index in [4.69, 9.17) is 0 Å². The van der Waals surface area contributed by atoms with Crippen LogP contribution < -0.4 is 4.72 Å². The molecule has 6 nitrogen and oxygen atoms in total. The van der Waals surface area contributed by atoms with Crippen molar-refractivity contribution >= 4 is 15.9 Å². The lowest BCUT2D eigenvalue weighted by molar-refractivity contribution is 0.0498. The zero-order valence-corrected chi connectivity index (χ0v) is 16.7. The SMILES string of the molecule is CN1CCN(C(=O)c2cccc(S(=O)(=O)NC3CC3)c2)C(c2ccccc2)C1. The van der Waals surface area contributed by atoms with Gasteiger partial charge in [0, 0.05) is 31.2 Å².